The van der Waals surface area contributed by atoms with Crippen LogP contribution in [-0.2, 0) is 4.79 Å². The average molecular weight is 195 g/mol. The van der Waals surface area contributed by atoms with Crippen LogP contribution in [-0.4, -0.2) is 41.3 Å². The molecule has 0 bridgehead atoms. The molecule has 1 aliphatic heterocycles. The van der Waals surface area contributed by atoms with Crippen molar-refractivity contribution in [3.05, 3.63) is 0 Å². The Labute approximate surface area is 74.3 Å². The molecule has 1 fully saturated rings. The maximum atomic E-state index is 11.9. The van der Waals surface area contributed by atoms with E-state index >= 15 is 0 Å². The van der Waals surface area contributed by atoms with Gasteiger partial charge in [0.1, 0.15) is 0 Å². The molecule has 0 aromatic rings. The van der Waals surface area contributed by atoms with Crippen molar-refractivity contribution in [2.24, 2.45) is 0 Å². The number of carbonyl (C=O) groups is 1. The lowest BCUT2D eigenvalue weighted by molar-refractivity contribution is -0.142. The van der Waals surface area contributed by atoms with Gasteiger partial charge in [-0.2, -0.15) is 20.5 Å². The third-order valence-electron chi connectivity index (χ3n) is 1.74. The molecule has 70 valence electrons. The lowest BCUT2D eigenvalue weighted by Gasteiger charge is -2.30. The van der Waals surface area contributed by atoms with Crippen molar-refractivity contribution in [3.63, 3.8) is 0 Å². The molecule has 12 heavy (non-hydrogen) atoms. The summed E-state index contributed by atoms with van der Waals surface area (Å²) in [4.78, 5) is 12.1. The number of carbonyl (C=O) groups excluding carboxylic acids is 1. The second-order valence-electron chi connectivity index (χ2n) is 2.77. The van der Waals surface area contributed by atoms with Crippen LogP contribution < -0.4 is 0 Å². The number of amides is 1. The third-order valence-corrected chi connectivity index (χ3v) is 2.88. The van der Waals surface area contributed by atoms with Gasteiger partial charge in [0.05, 0.1) is 0 Å². The molecule has 0 aromatic carbocycles. The van der Waals surface area contributed by atoms with Crippen LogP contribution in [0.15, 0.2) is 0 Å². The summed E-state index contributed by atoms with van der Waals surface area (Å²) in [5, 5.41) is 0.279. The van der Waals surface area contributed by atoms with E-state index in [9.17, 15) is 13.6 Å². The summed E-state index contributed by atoms with van der Waals surface area (Å²) in [6.45, 7) is 2.85. The van der Waals surface area contributed by atoms with Crippen LogP contribution in [0.25, 0.3) is 0 Å². The van der Waals surface area contributed by atoms with Gasteiger partial charge in [-0.3, -0.25) is 4.79 Å². The van der Waals surface area contributed by atoms with Gasteiger partial charge in [-0.1, -0.05) is 6.92 Å². The second kappa shape index (κ2) is 4.07. The fourth-order valence-corrected chi connectivity index (χ4v) is 2.17. The quantitative estimate of drug-likeness (QED) is 0.627. The monoisotopic (exact) mass is 195 g/mol. The topological polar surface area (TPSA) is 20.3 Å². The van der Waals surface area contributed by atoms with Crippen LogP contribution in [0.2, 0.25) is 0 Å². The number of hydrogen-bond donors (Lipinski definition) is 0. The van der Waals surface area contributed by atoms with E-state index in [4.69, 9.17) is 0 Å². The van der Waals surface area contributed by atoms with Gasteiger partial charge >= 0.3 is 6.43 Å². The van der Waals surface area contributed by atoms with Crippen molar-refractivity contribution in [3.8, 4) is 0 Å². The van der Waals surface area contributed by atoms with Gasteiger partial charge in [0, 0.05) is 24.1 Å². The van der Waals surface area contributed by atoms with Crippen LogP contribution in [0.3, 0.4) is 0 Å². The maximum absolute atomic E-state index is 11.9. The molecule has 5 heteroatoms. The van der Waals surface area contributed by atoms with Gasteiger partial charge in [0.2, 0.25) is 0 Å². The highest BCUT2D eigenvalue weighted by molar-refractivity contribution is 7.99. The van der Waals surface area contributed by atoms with Gasteiger partial charge in [0.15, 0.2) is 0 Å². The summed E-state index contributed by atoms with van der Waals surface area (Å²) >= 11 is 1.71. The smallest absolute Gasteiger partial charge is 0.315 e. The summed E-state index contributed by atoms with van der Waals surface area (Å²) in [6, 6.07) is 0. The summed E-state index contributed by atoms with van der Waals surface area (Å²) in [5.74, 6) is -0.262. The van der Waals surface area contributed by atoms with Gasteiger partial charge in [-0.25, -0.2) is 0 Å². The van der Waals surface area contributed by atoms with E-state index in [2.05, 4.69) is 0 Å². The minimum atomic E-state index is -2.85. The molecule has 0 aliphatic carbocycles. The second-order valence-corrected chi connectivity index (χ2v) is 4.31. The molecule has 0 radical (unpaired) electrons. The summed E-state index contributed by atoms with van der Waals surface area (Å²) in [6.07, 6.45) is -2.85. The molecular formula is C7H11F2NOS. The largest absolute Gasteiger partial charge is 0.336 e. The number of nitrogens with zero attached hydrogens (tertiary/aromatic N) is 1. The summed E-state index contributed by atoms with van der Waals surface area (Å²) in [5.41, 5.74) is 0. The van der Waals surface area contributed by atoms with E-state index in [1.54, 1.807) is 11.8 Å². The zero-order chi connectivity index (χ0) is 9.14. The first-order valence-corrected chi connectivity index (χ1v) is 4.84. The Morgan fingerprint density at radius 2 is 2.33 bits per heavy atom. The number of halogens is 2. The van der Waals surface area contributed by atoms with Gasteiger partial charge < -0.3 is 4.90 Å². The lowest BCUT2D eigenvalue weighted by atomic mass is 10.3. The standard InChI is InChI=1S/C7H11F2NOS/c1-5-4-10(2-3-12-5)7(11)6(8)9/h5-6H,2-4H2,1H3. The van der Waals surface area contributed by atoms with E-state index < -0.39 is 12.3 Å². The van der Waals surface area contributed by atoms with Crippen LogP contribution in [0.4, 0.5) is 8.78 Å². The highest BCUT2D eigenvalue weighted by Crippen LogP contribution is 2.18. The SMILES string of the molecule is CC1CN(C(=O)C(F)F)CCS1. The first kappa shape index (κ1) is 9.77. The van der Waals surface area contributed by atoms with E-state index in [0.717, 1.165) is 5.75 Å². The van der Waals surface area contributed by atoms with Gasteiger partial charge in [0.25, 0.3) is 5.91 Å². The summed E-state index contributed by atoms with van der Waals surface area (Å²) in [7, 11) is 0. The molecule has 2 nitrogen and oxygen atoms in total. The fourth-order valence-electron chi connectivity index (χ4n) is 1.16. The Bertz CT molecular complexity index is 177. The predicted octanol–water partition coefficient (Wildman–Crippen LogP) is 1.22. The molecule has 1 atom stereocenters. The van der Waals surface area contributed by atoms with E-state index in [0.29, 0.717) is 13.1 Å². The zero-order valence-electron chi connectivity index (χ0n) is 6.80. The molecular weight excluding hydrogens is 184 g/mol. The summed E-state index contributed by atoms with van der Waals surface area (Å²) < 4.78 is 23.9. The van der Waals surface area contributed by atoms with Crippen molar-refractivity contribution in [1.29, 1.82) is 0 Å². The minimum absolute atomic E-state index is 0.279. The number of hydrogen-bond acceptors (Lipinski definition) is 2. The fraction of sp³-hybridized carbons (Fsp3) is 0.857. The third kappa shape index (κ3) is 2.33. The molecule has 1 rings (SSSR count). The molecule has 1 unspecified atom stereocenters. The van der Waals surface area contributed by atoms with Crippen LogP contribution in [0.5, 0.6) is 0 Å². The lowest BCUT2D eigenvalue weighted by Crippen LogP contribution is -2.43. The highest BCUT2D eigenvalue weighted by Gasteiger charge is 2.26. The Morgan fingerprint density at radius 3 is 2.83 bits per heavy atom. The number of alkyl halides is 2. The number of rotatable bonds is 1. The Morgan fingerprint density at radius 1 is 1.67 bits per heavy atom. The molecule has 0 aromatic heterocycles. The van der Waals surface area contributed by atoms with E-state index in [-0.39, 0.29) is 5.25 Å². The van der Waals surface area contributed by atoms with Gasteiger partial charge in [-0.15, -0.1) is 0 Å². The molecule has 1 aliphatic rings. The van der Waals surface area contributed by atoms with E-state index in [1.165, 1.54) is 4.90 Å². The average Bonchev–Trinajstić information content (AvgIpc) is 2.03. The Hall–Kier alpha value is -0.320. The maximum Gasteiger partial charge on any atom is 0.315 e. The van der Waals surface area contributed by atoms with E-state index in [1.807, 2.05) is 6.92 Å². The van der Waals surface area contributed by atoms with Gasteiger partial charge in [-0.05, 0) is 0 Å². The molecule has 0 saturated carbocycles. The van der Waals surface area contributed by atoms with Crippen molar-refractivity contribution < 1.29 is 13.6 Å². The van der Waals surface area contributed by atoms with Crippen LogP contribution in [0.1, 0.15) is 6.92 Å². The first-order chi connectivity index (χ1) is 5.61. The highest BCUT2D eigenvalue weighted by atomic mass is 32.2. The number of thioether (sulfide) groups is 1. The van der Waals surface area contributed by atoms with Crippen molar-refractivity contribution in [2.45, 2.75) is 18.6 Å². The van der Waals surface area contributed by atoms with Crippen molar-refractivity contribution in [1.82, 2.24) is 4.90 Å². The first-order valence-electron chi connectivity index (χ1n) is 3.80. The van der Waals surface area contributed by atoms with Crippen molar-refractivity contribution >= 4 is 17.7 Å². The van der Waals surface area contributed by atoms with Crippen LogP contribution >= 0.6 is 11.8 Å². The molecule has 1 heterocycles. The molecule has 1 amide bonds. The molecule has 1 saturated heterocycles. The molecule has 0 spiro atoms. The van der Waals surface area contributed by atoms with Crippen LogP contribution in [0, 0.1) is 0 Å². The Balaban J connectivity index is 2.46. The normalized spacial score (nSPS) is 24.7. The minimum Gasteiger partial charge on any atom is -0.336 e. The predicted molar refractivity (Wildman–Crippen MR) is 44.5 cm³/mol. The Kier molecular flexibility index (Phi) is 3.31. The molecule has 0 N–H and O–H groups in total. The van der Waals surface area contributed by atoms with Crippen molar-refractivity contribution in [2.75, 3.05) is 18.8 Å². The zero-order valence-corrected chi connectivity index (χ0v) is 7.61.